The van der Waals surface area contributed by atoms with Gasteiger partial charge in [0, 0.05) is 22.9 Å². The Morgan fingerprint density at radius 1 is 1.46 bits per heavy atom. The zero-order valence-electron chi connectivity index (χ0n) is 14.3. The maximum atomic E-state index is 12.9. The number of allylic oxidation sites excluding steroid dienone is 1. The number of esters is 1. The van der Waals surface area contributed by atoms with Crippen LogP contribution < -0.4 is 5.32 Å². The highest BCUT2D eigenvalue weighted by molar-refractivity contribution is 6.31. The van der Waals surface area contributed by atoms with Gasteiger partial charge in [-0.2, -0.15) is 10.1 Å². The van der Waals surface area contributed by atoms with E-state index in [1.807, 2.05) is 25.1 Å². The Bertz CT molecular complexity index is 858. The van der Waals surface area contributed by atoms with Gasteiger partial charge in [0.05, 0.1) is 11.7 Å². The van der Waals surface area contributed by atoms with E-state index in [4.69, 9.17) is 21.1 Å². The zero-order valence-corrected chi connectivity index (χ0v) is 15.1. The molecule has 0 saturated carbocycles. The highest BCUT2D eigenvalue weighted by Crippen LogP contribution is 2.38. The predicted octanol–water partition coefficient (Wildman–Crippen LogP) is 2.94. The van der Waals surface area contributed by atoms with Gasteiger partial charge in [0.2, 0.25) is 5.95 Å². The van der Waals surface area contributed by atoms with Crippen LogP contribution in [0.4, 0.5) is 5.95 Å². The number of aromatic nitrogens is 3. The number of hydrogen-bond acceptors (Lipinski definition) is 6. The number of nitrogens with zero attached hydrogens (tertiary/aromatic N) is 3. The van der Waals surface area contributed by atoms with Gasteiger partial charge in [-0.3, -0.25) is 0 Å². The third-order valence-electron chi connectivity index (χ3n) is 4.64. The summed E-state index contributed by atoms with van der Waals surface area (Å²) < 4.78 is 12.7. The second-order valence-electron chi connectivity index (χ2n) is 6.35. The third-order valence-corrected chi connectivity index (χ3v) is 4.98. The van der Waals surface area contributed by atoms with Crippen molar-refractivity contribution in [2.75, 3.05) is 18.5 Å². The van der Waals surface area contributed by atoms with Crippen LogP contribution in [-0.2, 0) is 14.3 Å². The summed E-state index contributed by atoms with van der Waals surface area (Å²) in [7, 11) is 0. The highest BCUT2D eigenvalue weighted by Gasteiger charge is 2.35. The molecule has 2 aliphatic rings. The Morgan fingerprint density at radius 3 is 3.08 bits per heavy atom. The number of carbonyl (C=O) groups is 1. The lowest BCUT2D eigenvalue weighted by Crippen LogP contribution is -2.31. The molecule has 1 fully saturated rings. The van der Waals surface area contributed by atoms with E-state index < -0.39 is 12.0 Å². The standard InChI is InChI=1S/C18H19ClN4O3/c1-11-15(17(24)26-9-12-5-4-8-25-12)16(13-6-2-3-7-14(13)19)23-18(22-11)20-10-21-23/h2-3,6-7,10,12,16H,4-5,8-9H2,1H3,(H,20,21,22). The Balaban J connectivity index is 1.68. The molecule has 2 atom stereocenters. The summed E-state index contributed by atoms with van der Waals surface area (Å²) in [5.41, 5.74) is 1.91. The Morgan fingerprint density at radius 2 is 2.31 bits per heavy atom. The van der Waals surface area contributed by atoms with Crippen molar-refractivity contribution in [3.8, 4) is 0 Å². The van der Waals surface area contributed by atoms with Gasteiger partial charge >= 0.3 is 5.97 Å². The number of halogens is 1. The van der Waals surface area contributed by atoms with Crippen LogP contribution in [0.2, 0.25) is 5.02 Å². The number of nitrogens with one attached hydrogen (secondary N) is 1. The van der Waals surface area contributed by atoms with Crippen molar-refractivity contribution in [2.45, 2.75) is 31.9 Å². The van der Waals surface area contributed by atoms with Crippen molar-refractivity contribution < 1.29 is 14.3 Å². The van der Waals surface area contributed by atoms with E-state index >= 15 is 0 Å². The number of ether oxygens (including phenoxy) is 2. The molecular weight excluding hydrogens is 356 g/mol. The smallest absolute Gasteiger partial charge is 0.338 e. The Kier molecular flexibility index (Phi) is 4.65. The maximum Gasteiger partial charge on any atom is 0.338 e. The van der Waals surface area contributed by atoms with Gasteiger partial charge in [-0.1, -0.05) is 29.8 Å². The van der Waals surface area contributed by atoms with E-state index in [1.165, 1.54) is 6.33 Å². The molecule has 0 spiro atoms. The summed E-state index contributed by atoms with van der Waals surface area (Å²) in [6.07, 6.45) is 3.32. The fourth-order valence-corrected chi connectivity index (χ4v) is 3.60. The van der Waals surface area contributed by atoms with Crippen LogP contribution in [0.25, 0.3) is 0 Å². The minimum Gasteiger partial charge on any atom is -0.459 e. The van der Waals surface area contributed by atoms with Crippen LogP contribution in [0.5, 0.6) is 0 Å². The summed E-state index contributed by atoms with van der Waals surface area (Å²) in [5, 5.41) is 7.94. The fraction of sp³-hybridized carbons (Fsp3) is 0.389. The summed E-state index contributed by atoms with van der Waals surface area (Å²) in [5.74, 6) is 0.152. The normalized spacial score (nSPS) is 22.1. The van der Waals surface area contributed by atoms with E-state index in [9.17, 15) is 4.79 Å². The third kappa shape index (κ3) is 3.08. The van der Waals surface area contributed by atoms with Gasteiger partial charge in [0.15, 0.2) is 0 Å². The minimum atomic E-state index is -0.501. The molecular formula is C18H19ClN4O3. The quantitative estimate of drug-likeness (QED) is 0.829. The van der Waals surface area contributed by atoms with Gasteiger partial charge in [0.25, 0.3) is 0 Å². The first-order valence-corrected chi connectivity index (χ1v) is 8.93. The first-order chi connectivity index (χ1) is 12.6. The van der Waals surface area contributed by atoms with Gasteiger partial charge < -0.3 is 14.8 Å². The molecule has 136 valence electrons. The molecule has 4 rings (SSSR count). The molecule has 7 nitrogen and oxygen atoms in total. The number of anilines is 1. The van der Waals surface area contributed by atoms with Crippen LogP contribution in [0.1, 0.15) is 31.4 Å². The van der Waals surface area contributed by atoms with Crippen LogP contribution in [0, 0.1) is 0 Å². The monoisotopic (exact) mass is 374 g/mol. The minimum absolute atomic E-state index is 0.0305. The molecule has 1 N–H and O–H groups in total. The molecule has 1 aromatic heterocycles. The van der Waals surface area contributed by atoms with Crippen LogP contribution in [0.3, 0.4) is 0 Å². The van der Waals surface area contributed by atoms with Crippen LogP contribution in [0.15, 0.2) is 41.9 Å². The Hall–Kier alpha value is -2.38. The molecule has 8 heteroatoms. The largest absolute Gasteiger partial charge is 0.459 e. The molecule has 0 radical (unpaired) electrons. The molecule has 0 amide bonds. The molecule has 0 aliphatic carbocycles. The van der Waals surface area contributed by atoms with Crippen molar-refractivity contribution in [2.24, 2.45) is 0 Å². The zero-order chi connectivity index (χ0) is 18.1. The fourth-order valence-electron chi connectivity index (χ4n) is 3.36. The molecule has 2 unspecified atom stereocenters. The number of fused-ring (bicyclic) bond motifs is 1. The maximum absolute atomic E-state index is 12.9. The first kappa shape index (κ1) is 17.1. The van der Waals surface area contributed by atoms with Gasteiger partial charge in [-0.25, -0.2) is 9.48 Å². The second kappa shape index (κ2) is 7.09. The van der Waals surface area contributed by atoms with Crippen molar-refractivity contribution in [1.29, 1.82) is 0 Å². The number of hydrogen-bond donors (Lipinski definition) is 1. The van der Waals surface area contributed by atoms with E-state index in [0.29, 0.717) is 22.2 Å². The topological polar surface area (TPSA) is 78.3 Å². The van der Waals surface area contributed by atoms with Crippen molar-refractivity contribution in [3.63, 3.8) is 0 Å². The molecule has 2 aliphatic heterocycles. The first-order valence-electron chi connectivity index (χ1n) is 8.55. The summed E-state index contributed by atoms with van der Waals surface area (Å²) >= 11 is 6.41. The molecule has 1 saturated heterocycles. The van der Waals surface area contributed by atoms with Gasteiger partial charge in [-0.05, 0) is 25.8 Å². The lowest BCUT2D eigenvalue weighted by atomic mass is 9.96. The molecule has 26 heavy (non-hydrogen) atoms. The predicted molar refractivity (Wildman–Crippen MR) is 95.9 cm³/mol. The van der Waals surface area contributed by atoms with Crippen LogP contribution in [-0.4, -0.2) is 40.1 Å². The van der Waals surface area contributed by atoms with E-state index in [1.54, 1.807) is 10.7 Å². The molecule has 0 bridgehead atoms. The van der Waals surface area contributed by atoms with E-state index in [0.717, 1.165) is 25.0 Å². The van der Waals surface area contributed by atoms with Crippen molar-refractivity contribution in [1.82, 2.24) is 14.8 Å². The molecule has 1 aromatic carbocycles. The molecule has 2 aromatic rings. The van der Waals surface area contributed by atoms with E-state index in [-0.39, 0.29) is 12.7 Å². The summed E-state index contributed by atoms with van der Waals surface area (Å²) in [6.45, 7) is 2.79. The van der Waals surface area contributed by atoms with Crippen molar-refractivity contribution >= 4 is 23.5 Å². The lowest BCUT2D eigenvalue weighted by Gasteiger charge is -2.28. The Labute approximate surface area is 156 Å². The average Bonchev–Trinajstić information content (AvgIpc) is 3.30. The van der Waals surface area contributed by atoms with Gasteiger partial charge in [0.1, 0.15) is 19.0 Å². The number of benzene rings is 1. The average molecular weight is 375 g/mol. The van der Waals surface area contributed by atoms with E-state index in [2.05, 4.69) is 15.4 Å². The number of carbonyl (C=O) groups excluding carboxylic acids is 1. The second-order valence-corrected chi connectivity index (χ2v) is 6.76. The number of rotatable bonds is 4. The SMILES string of the molecule is CC1=C(C(=O)OCC2CCCO2)C(c2ccccc2Cl)n2ncnc2N1. The highest BCUT2D eigenvalue weighted by atomic mass is 35.5. The van der Waals surface area contributed by atoms with Crippen molar-refractivity contribution in [3.05, 3.63) is 52.4 Å². The summed E-state index contributed by atoms with van der Waals surface area (Å²) in [6, 6.07) is 6.90. The lowest BCUT2D eigenvalue weighted by molar-refractivity contribution is -0.142. The summed E-state index contributed by atoms with van der Waals surface area (Å²) in [4.78, 5) is 17.1. The van der Waals surface area contributed by atoms with Crippen LogP contribution >= 0.6 is 11.6 Å². The molecule has 3 heterocycles. The van der Waals surface area contributed by atoms with Gasteiger partial charge in [-0.15, -0.1) is 0 Å².